The lowest BCUT2D eigenvalue weighted by Gasteiger charge is -2.21. The molecular formula is C14H17BrN2O3. The Morgan fingerprint density at radius 3 is 2.65 bits per heavy atom. The molecule has 1 saturated carbocycles. The predicted octanol–water partition coefficient (Wildman–Crippen LogP) is 3.41. The number of amides is 2. The van der Waals surface area contributed by atoms with E-state index in [0.717, 1.165) is 6.54 Å². The monoisotopic (exact) mass is 340 g/mol. The number of carboxylic acid groups (broad SMARTS) is 1. The first-order valence-corrected chi connectivity index (χ1v) is 7.38. The number of hydrogen-bond acceptors (Lipinski definition) is 2. The molecule has 108 valence electrons. The van der Waals surface area contributed by atoms with Crippen LogP contribution in [-0.4, -0.2) is 35.1 Å². The van der Waals surface area contributed by atoms with Crippen molar-refractivity contribution in [1.82, 2.24) is 4.90 Å². The Labute approximate surface area is 126 Å². The molecule has 0 heterocycles. The average molecular weight is 341 g/mol. The minimum absolute atomic E-state index is 0.139. The number of carbonyl (C=O) groups excluding carboxylic acids is 1. The Morgan fingerprint density at radius 2 is 2.10 bits per heavy atom. The third kappa shape index (κ3) is 3.96. The molecule has 1 fully saturated rings. The molecule has 5 nitrogen and oxygen atoms in total. The molecule has 0 atom stereocenters. The van der Waals surface area contributed by atoms with Gasteiger partial charge in [0.1, 0.15) is 0 Å². The number of nitrogens with zero attached hydrogens (tertiary/aromatic N) is 1. The second-order valence-corrected chi connectivity index (χ2v) is 5.86. The van der Waals surface area contributed by atoms with Crippen LogP contribution in [0.1, 0.15) is 30.1 Å². The van der Waals surface area contributed by atoms with Crippen LogP contribution in [-0.2, 0) is 0 Å². The fourth-order valence-electron chi connectivity index (χ4n) is 1.96. The largest absolute Gasteiger partial charge is 0.478 e. The van der Waals surface area contributed by atoms with Gasteiger partial charge in [0.15, 0.2) is 0 Å². The summed E-state index contributed by atoms with van der Waals surface area (Å²) in [6.45, 7) is 3.34. The zero-order chi connectivity index (χ0) is 14.7. The van der Waals surface area contributed by atoms with Gasteiger partial charge in [0.05, 0.1) is 5.56 Å². The molecule has 0 spiro atoms. The maximum atomic E-state index is 12.2. The van der Waals surface area contributed by atoms with E-state index >= 15 is 0 Å². The van der Waals surface area contributed by atoms with Crippen molar-refractivity contribution in [3.63, 3.8) is 0 Å². The normalized spacial score (nSPS) is 13.9. The Morgan fingerprint density at radius 1 is 1.40 bits per heavy atom. The molecule has 20 heavy (non-hydrogen) atoms. The highest BCUT2D eigenvalue weighted by atomic mass is 79.9. The van der Waals surface area contributed by atoms with E-state index in [2.05, 4.69) is 21.2 Å². The van der Waals surface area contributed by atoms with E-state index in [1.54, 1.807) is 11.0 Å². The van der Waals surface area contributed by atoms with Gasteiger partial charge in [-0.2, -0.15) is 0 Å². The molecule has 2 amide bonds. The first-order chi connectivity index (χ1) is 9.49. The van der Waals surface area contributed by atoms with Gasteiger partial charge in [0, 0.05) is 23.2 Å². The fourth-order valence-corrected chi connectivity index (χ4v) is 2.45. The van der Waals surface area contributed by atoms with E-state index in [4.69, 9.17) is 5.11 Å². The van der Waals surface area contributed by atoms with Gasteiger partial charge in [-0.05, 0) is 43.9 Å². The summed E-state index contributed by atoms with van der Waals surface area (Å²) in [5.41, 5.74) is 0.621. The van der Waals surface area contributed by atoms with Crippen LogP contribution in [0.4, 0.5) is 10.5 Å². The second-order valence-electron chi connectivity index (χ2n) is 4.95. The van der Waals surface area contributed by atoms with Gasteiger partial charge in [-0.1, -0.05) is 15.9 Å². The van der Waals surface area contributed by atoms with Crippen LogP contribution in [0.15, 0.2) is 22.7 Å². The van der Waals surface area contributed by atoms with Crippen molar-refractivity contribution in [2.45, 2.75) is 19.8 Å². The first kappa shape index (κ1) is 14.8. The topological polar surface area (TPSA) is 69.6 Å². The molecule has 0 bridgehead atoms. The maximum Gasteiger partial charge on any atom is 0.335 e. The molecule has 2 N–H and O–H groups in total. The Kier molecular flexibility index (Phi) is 4.65. The number of urea groups is 1. The summed E-state index contributed by atoms with van der Waals surface area (Å²) in [7, 11) is 0. The molecule has 0 radical (unpaired) electrons. The highest BCUT2D eigenvalue weighted by Crippen LogP contribution is 2.30. The summed E-state index contributed by atoms with van der Waals surface area (Å²) >= 11 is 3.25. The molecule has 2 rings (SSSR count). The van der Waals surface area contributed by atoms with Crippen LogP contribution in [0.25, 0.3) is 0 Å². The van der Waals surface area contributed by atoms with Gasteiger partial charge in [0.2, 0.25) is 0 Å². The number of carboxylic acids is 1. The molecule has 0 saturated heterocycles. The van der Waals surface area contributed by atoms with Crippen molar-refractivity contribution in [2.75, 3.05) is 18.4 Å². The SMILES string of the molecule is CCN(CC1CC1)C(=O)Nc1cc(Br)cc(C(=O)O)c1. The highest BCUT2D eigenvalue weighted by molar-refractivity contribution is 9.10. The average Bonchev–Trinajstić information content (AvgIpc) is 3.18. The van der Waals surface area contributed by atoms with Crippen molar-refractivity contribution < 1.29 is 14.7 Å². The number of hydrogen-bond donors (Lipinski definition) is 2. The summed E-state index contributed by atoms with van der Waals surface area (Å²) in [4.78, 5) is 24.9. The molecular weight excluding hydrogens is 324 g/mol. The molecule has 0 aromatic heterocycles. The number of rotatable bonds is 5. The van der Waals surface area contributed by atoms with Gasteiger partial charge in [0.25, 0.3) is 0 Å². The molecule has 6 heteroatoms. The van der Waals surface area contributed by atoms with Crippen LogP contribution in [0.3, 0.4) is 0 Å². The standard InChI is InChI=1S/C14H17BrN2O3/c1-2-17(8-9-3-4-9)14(20)16-12-6-10(13(18)19)5-11(15)7-12/h5-7,9H,2-4,8H2,1H3,(H,16,20)(H,18,19). The molecule has 1 aliphatic rings. The van der Waals surface area contributed by atoms with Gasteiger partial charge in [-0.15, -0.1) is 0 Å². The lowest BCUT2D eigenvalue weighted by atomic mass is 10.2. The van der Waals surface area contributed by atoms with Gasteiger partial charge in [-0.3, -0.25) is 0 Å². The molecule has 0 unspecified atom stereocenters. The Bertz CT molecular complexity index is 529. The van der Waals surface area contributed by atoms with E-state index in [1.165, 1.54) is 25.0 Å². The zero-order valence-corrected chi connectivity index (χ0v) is 12.8. The summed E-state index contributed by atoms with van der Waals surface area (Å²) in [5.74, 6) is -0.398. The summed E-state index contributed by atoms with van der Waals surface area (Å²) in [5, 5.41) is 11.8. The lowest BCUT2D eigenvalue weighted by Crippen LogP contribution is -2.36. The molecule has 1 aromatic rings. The van der Waals surface area contributed by atoms with E-state index in [-0.39, 0.29) is 11.6 Å². The minimum atomic E-state index is -1.02. The van der Waals surface area contributed by atoms with Crippen LogP contribution >= 0.6 is 15.9 Å². The summed E-state index contributed by atoms with van der Waals surface area (Å²) in [6, 6.07) is 4.46. The first-order valence-electron chi connectivity index (χ1n) is 6.59. The number of anilines is 1. The third-order valence-corrected chi connectivity index (χ3v) is 3.70. The molecule has 0 aliphatic heterocycles. The van der Waals surface area contributed by atoms with Crippen LogP contribution < -0.4 is 5.32 Å². The number of aromatic carboxylic acids is 1. The van der Waals surface area contributed by atoms with Gasteiger partial charge in [-0.25, -0.2) is 9.59 Å². The van der Waals surface area contributed by atoms with Crippen molar-refractivity contribution in [3.05, 3.63) is 28.2 Å². The van der Waals surface area contributed by atoms with Crippen LogP contribution in [0.5, 0.6) is 0 Å². The van der Waals surface area contributed by atoms with E-state index in [1.807, 2.05) is 6.92 Å². The Hall–Kier alpha value is -1.56. The summed E-state index contributed by atoms with van der Waals surface area (Å²) < 4.78 is 0.623. The summed E-state index contributed by atoms with van der Waals surface area (Å²) in [6.07, 6.45) is 2.37. The van der Waals surface area contributed by atoms with Crippen molar-refractivity contribution in [1.29, 1.82) is 0 Å². The number of carbonyl (C=O) groups is 2. The van der Waals surface area contributed by atoms with Gasteiger partial charge >= 0.3 is 12.0 Å². The van der Waals surface area contributed by atoms with E-state index < -0.39 is 5.97 Å². The van der Waals surface area contributed by atoms with Crippen LogP contribution in [0.2, 0.25) is 0 Å². The van der Waals surface area contributed by atoms with Crippen LogP contribution in [0, 0.1) is 5.92 Å². The van der Waals surface area contributed by atoms with Crippen molar-refractivity contribution >= 4 is 33.6 Å². The number of halogens is 1. The zero-order valence-electron chi connectivity index (χ0n) is 11.2. The molecule has 1 aromatic carbocycles. The number of benzene rings is 1. The maximum absolute atomic E-state index is 12.2. The lowest BCUT2D eigenvalue weighted by molar-refractivity contribution is 0.0697. The second kappa shape index (κ2) is 6.26. The van der Waals surface area contributed by atoms with Crippen molar-refractivity contribution in [2.24, 2.45) is 5.92 Å². The van der Waals surface area contributed by atoms with Crippen molar-refractivity contribution in [3.8, 4) is 0 Å². The van der Waals surface area contributed by atoms with E-state index in [9.17, 15) is 9.59 Å². The smallest absolute Gasteiger partial charge is 0.335 e. The fraction of sp³-hybridized carbons (Fsp3) is 0.429. The number of nitrogens with one attached hydrogen (secondary N) is 1. The highest BCUT2D eigenvalue weighted by Gasteiger charge is 2.26. The molecule has 1 aliphatic carbocycles. The van der Waals surface area contributed by atoms with Gasteiger partial charge < -0.3 is 15.3 Å². The van der Waals surface area contributed by atoms with E-state index in [0.29, 0.717) is 22.6 Å². The minimum Gasteiger partial charge on any atom is -0.478 e. The predicted molar refractivity (Wildman–Crippen MR) is 80.1 cm³/mol. The quantitative estimate of drug-likeness (QED) is 0.862. The third-order valence-electron chi connectivity index (χ3n) is 3.24. The Balaban J connectivity index is 2.07.